The minimum absolute atomic E-state index is 0.0427. The Kier molecular flexibility index (Phi) is 6.30. The highest BCUT2D eigenvalue weighted by atomic mass is 32.2. The van der Waals surface area contributed by atoms with Crippen molar-refractivity contribution in [1.82, 2.24) is 0 Å². The lowest BCUT2D eigenvalue weighted by Gasteiger charge is -2.13. The molecule has 2 amide bonds. The zero-order valence-corrected chi connectivity index (χ0v) is 16.1. The van der Waals surface area contributed by atoms with Gasteiger partial charge >= 0.3 is 0 Å². The molecule has 2 N–H and O–H groups in total. The standard InChI is InChI=1S/C20H17N3O5S/c1-13(19(24)21-14-7-9-16(10-8-14)23(26)27)29-17-5-2-4-15(12-17)22-20(25)18-6-3-11-28-18/h2-13H,1H3,(H,21,24)(H,22,25). The Hall–Kier alpha value is -3.59. The molecule has 9 heteroatoms. The van der Waals surface area contributed by atoms with Crippen LogP contribution in [0.25, 0.3) is 0 Å². The lowest BCUT2D eigenvalue weighted by atomic mass is 10.3. The molecular weight excluding hydrogens is 394 g/mol. The first kappa shape index (κ1) is 20.2. The molecule has 1 atom stereocenters. The van der Waals surface area contributed by atoms with Crippen molar-refractivity contribution < 1.29 is 18.9 Å². The lowest BCUT2D eigenvalue weighted by Crippen LogP contribution is -2.22. The van der Waals surface area contributed by atoms with E-state index >= 15 is 0 Å². The van der Waals surface area contributed by atoms with E-state index < -0.39 is 10.2 Å². The third-order valence-electron chi connectivity index (χ3n) is 3.86. The van der Waals surface area contributed by atoms with Gasteiger partial charge in [-0.2, -0.15) is 0 Å². The quantitative estimate of drug-likeness (QED) is 0.335. The van der Waals surface area contributed by atoms with E-state index in [1.165, 1.54) is 42.3 Å². The van der Waals surface area contributed by atoms with Gasteiger partial charge in [0.05, 0.1) is 16.4 Å². The molecular formula is C20H17N3O5S. The average molecular weight is 411 g/mol. The number of nitro benzene ring substituents is 1. The number of carbonyl (C=O) groups is 2. The molecule has 148 valence electrons. The van der Waals surface area contributed by atoms with Crippen LogP contribution in [0, 0.1) is 10.1 Å². The molecule has 29 heavy (non-hydrogen) atoms. The highest BCUT2D eigenvalue weighted by molar-refractivity contribution is 8.00. The summed E-state index contributed by atoms with van der Waals surface area (Å²) in [5, 5.41) is 15.7. The summed E-state index contributed by atoms with van der Waals surface area (Å²) < 4.78 is 5.06. The van der Waals surface area contributed by atoms with Crippen molar-refractivity contribution in [3.8, 4) is 0 Å². The molecule has 0 aliphatic heterocycles. The Morgan fingerprint density at radius 3 is 2.45 bits per heavy atom. The normalized spacial score (nSPS) is 11.5. The number of hydrogen-bond acceptors (Lipinski definition) is 6. The first-order chi connectivity index (χ1) is 13.9. The van der Waals surface area contributed by atoms with Gasteiger partial charge in [-0.3, -0.25) is 19.7 Å². The molecule has 0 saturated heterocycles. The van der Waals surface area contributed by atoms with Crippen LogP contribution in [0.15, 0.2) is 76.2 Å². The lowest BCUT2D eigenvalue weighted by molar-refractivity contribution is -0.384. The van der Waals surface area contributed by atoms with Crippen molar-refractivity contribution in [2.24, 2.45) is 0 Å². The Bertz CT molecular complexity index is 1020. The second-order valence-electron chi connectivity index (χ2n) is 6.01. The van der Waals surface area contributed by atoms with E-state index in [1.807, 2.05) is 6.07 Å². The number of anilines is 2. The van der Waals surface area contributed by atoms with Crippen molar-refractivity contribution in [2.45, 2.75) is 17.1 Å². The number of nitrogens with zero attached hydrogens (tertiary/aromatic N) is 1. The van der Waals surface area contributed by atoms with Crippen molar-refractivity contribution in [3.63, 3.8) is 0 Å². The number of non-ortho nitro benzene ring substituents is 1. The van der Waals surface area contributed by atoms with Crippen molar-refractivity contribution in [2.75, 3.05) is 10.6 Å². The van der Waals surface area contributed by atoms with Gasteiger partial charge in [-0.1, -0.05) is 6.07 Å². The van der Waals surface area contributed by atoms with Crippen LogP contribution < -0.4 is 10.6 Å². The van der Waals surface area contributed by atoms with Gasteiger partial charge in [0.2, 0.25) is 5.91 Å². The summed E-state index contributed by atoms with van der Waals surface area (Å²) in [5.41, 5.74) is 1.02. The maximum Gasteiger partial charge on any atom is 0.291 e. The van der Waals surface area contributed by atoms with Crippen molar-refractivity contribution in [3.05, 3.63) is 82.8 Å². The first-order valence-electron chi connectivity index (χ1n) is 8.59. The van der Waals surface area contributed by atoms with Crippen LogP contribution in [0.1, 0.15) is 17.5 Å². The average Bonchev–Trinajstić information content (AvgIpc) is 3.23. The second kappa shape index (κ2) is 9.07. The fourth-order valence-corrected chi connectivity index (χ4v) is 3.34. The number of amides is 2. The maximum atomic E-state index is 12.4. The van der Waals surface area contributed by atoms with Crippen LogP contribution in [0.5, 0.6) is 0 Å². The topological polar surface area (TPSA) is 114 Å². The molecule has 1 aromatic heterocycles. The summed E-state index contributed by atoms with van der Waals surface area (Å²) in [5.74, 6) is -0.395. The smallest absolute Gasteiger partial charge is 0.291 e. The van der Waals surface area contributed by atoms with E-state index in [1.54, 1.807) is 37.3 Å². The van der Waals surface area contributed by atoms with Gasteiger partial charge in [0.15, 0.2) is 5.76 Å². The Morgan fingerprint density at radius 1 is 1.03 bits per heavy atom. The second-order valence-corrected chi connectivity index (χ2v) is 7.43. The summed E-state index contributed by atoms with van der Waals surface area (Å²) in [6.45, 7) is 1.75. The van der Waals surface area contributed by atoms with Crippen LogP contribution in [0.3, 0.4) is 0 Å². The molecule has 1 heterocycles. The number of carbonyl (C=O) groups excluding carboxylic acids is 2. The summed E-state index contributed by atoms with van der Waals surface area (Å²) in [6.07, 6.45) is 1.42. The van der Waals surface area contributed by atoms with E-state index in [0.717, 1.165) is 4.90 Å². The van der Waals surface area contributed by atoms with Gasteiger partial charge < -0.3 is 15.1 Å². The zero-order valence-electron chi connectivity index (χ0n) is 15.3. The number of thioether (sulfide) groups is 1. The van der Waals surface area contributed by atoms with E-state index in [2.05, 4.69) is 10.6 Å². The van der Waals surface area contributed by atoms with Crippen molar-refractivity contribution in [1.29, 1.82) is 0 Å². The van der Waals surface area contributed by atoms with Gasteiger partial charge in [0.1, 0.15) is 0 Å². The Labute approximate surface area is 170 Å². The molecule has 1 unspecified atom stereocenters. The largest absolute Gasteiger partial charge is 0.459 e. The van der Waals surface area contributed by atoms with E-state index in [-0.39, 0.29) is 23.3 Å². The highest BCUT2D eigenvalue weighted by Gasteiger charge is 2.16. The van der Waals surface area contributed by atoms with Crippen molar-refractivity contribution >= 4 is 40.6 Å². The highest BCUT2D eigenvalue weighted by Crippen LogP contribution is 2.27. The molecule has 3 rings (SSSR count). The molecule has 3 aromatic rings. The van der Waals surface area contributed by atoms with Gasteiger partial charge in [-0.05, 0) is 49.4 Å². The number of furan rings is 1. The number of nitrogens with one attached hydrogen (secondary N) is 2. The third-order valence-corrected chi connectivity index (χ3v) is 4.96. The zero-order chi connectivity index (χ0) is 20.8. The predicted octanol–water partition coefficient (Wildman–Crippen LogP) is 4.56. The van der Waals surface area contributed by atoms with E-state index in [9.17, 15) is 19.7 Å². The molecule has 2 aromatic carbocycles. The van der Waals surface area contributed by atoms with Gasteiger partial charge in [0.25, 0.3) is 11.6 Å². The molecule has 0 aliphatic carbocycles. The van der Waals surface area contributed by atoms with Crippen LogP contribution in [0.2, 0.25) is 0 Å². The number of nitro groups is 1. The van der Waals surface area contributed by atoms with Crippen LogP contribution >= 0.6 is 11.8 Å². The molecule has 0 bridgehead atoms. The number of benzene rings is 2. The van der Waals surface area contributed by atoms with Gasteiger partial charge in [-0.15, -0.1) is 11.8 Å². The minimum Gasteiger partial charge on any atom is -0.459 e. The summed E-state index contributed by atoms with van der Waals surface area (Å²) in [6, 6.07) is 16.0. The predicted molar refractivity (Wildman–Crippen MR) is 110 cm³/mol. The minimum atomic E-state index is -0.498. The number of rotatable bonds is 7. The van der Waals surface area contributed by atoms with Gasteiger partial charge in [0, 0.05) is 28.4 Å². The molecule has 0 aliphatic rings. The molecule has 0 fully saturated rings. The van der Waals surface area contributed by atoms with E-state index in [4.69, 9.17) is 4.42 Å². The Morgan fingerprint density at radius 2 is 1.79 bits per heavy atom. The van der Waals surface area contributed by atoms with Crippen LogP contribution in [-0.4, -0.2) is 22.0 Å². The molecule has 0 radical (unpaired) electrons. The summed E-state index contributed by atoms with van der Waals surface area (Å²) in [4.78, 5) is 35.5. The maximum absolute atomic E-state index is 12.4. The molecule has 8 nitrogen and oxygen atoms in total. The molecule has 0 spiro atoms. The van der Waals surface area contributed by atoms with E-state index in [0.29, 0.717) is 11.4 Å². The summed E-state index contributed by atoms with van der Waals surface area (Å²) in [7, 11) is 0. The molecule has 0 saturated carbocycles. The van der Waals surface area contributed by atoms with Crippen LogP contribution in [-0.2, 0) is 4.79 Å². The monoisotopic (exact) mass is 411 g/mol. The fourth-order valence-electron chi connectivity index (χ4n) is 2.42. The fraction of sp³-hybridized carbons (Fsp3) is 0.100. The van der Waals surface area contributed by atoms with Crippen LogP contribution in [0.4, 0.5) is 17.1 Å². The SMILES string of the molecule is CC(Sc1cccc(NC(=O)c2ccco2)c1)C(=O)Nc1ccc([N+](=O)[O-])cc1. The third kappa shape index (κ3) is 5.45. The first-order valence-corrected chi connectivity index (χ1v) is 9.47. The summed E-state index contributed by atoms with van der Waals surface area (Å²) >= 11 is 1.32. The van der Waals surface area contributed by atoms with Gasteiger partial charge in [-0.25, -0.2) is 0 Å². The number of hydrogen-bond donors (Lipinski definition) is 2. The Balaban J connectivity index is 1.59.